The number of ether oxygens (including phenoxy) is 1. The molecule has 0 spiro atoms. The summed E-state index contributed by atoms with van der Waals surface area (Å²) in [7, 11) is 0. The fraction of sp³-hybridized carbons (Fsp3) is 0.364. The second kappa shape index (κ2) is 8.82. The van der Waals surface area contributed by atoms with Crippen LogP contribution in [-0.4, -0.2) is 42.5 Å². The van der Waals surface area contributed by atoms with Gasteiger partial charge in [-0.3, -0.25) is 9.59 Å². The molecule has 0 bridgehead atoms. The first kappa shape index (κ1) is 19.1. The number of hydrogen-bond acceptors (Lipinski definition) is 3. The van der Waals surface area contributed by atoms with Crippen LogP contribution in [0.5, 0.6) is 0 Å². The molecule has 27 heavy (non-hydrogen) atoms. The predicted molar refractivity (Wildman–Crippen MR) is 106 cm³/mol. The molecule has 1 atom stereocenters. The summed E-state index contributed by atoms with van der Waals surface area (Å²) in [4.78, 5) is 26.8. The summed E-state index contributed by atoms with van der Waals surface area (Å²) in [5, 5.41) is 2.90. The fourth-order valence-corrected chi connectivity index (χ4v) is 3.28. The molecule has 2 aromatic rings. The number of amides is 2. The van der Waals surface area contributed by atoms with Gasteiger partial charge in [-0.2, -0.15) is 0 Å². The fourth-order valence-electron chi connectivity index (χ4n) is 3.28. The highest BCUT2D eigenvalue weighted by Crippen LogP contribution is 2.16. The summed E-state index contributed by atoms with van der Waals surface area (Å²) >= 11 is 0. The van der Waals surface area contributed by atoms with Crippen LogP contribution < -0.4 is 5.32 Å². The van der Waals surface area contributed by atoms with Crippen molar-refractivity contribution in [3.8, 4) is 0 Å². The highest BCUT2D eigenvalue weighted by Gasteiger charge is 2.22. The first-order valence-electron chi connectivity index (χ1n) is 9.38. The van der Waals surface area contributed by atoms with Crippen molar-refractivity contribution in [1.29, 1.82) is 0 Å². The lowest BCUT2D eigenvalue weighted by molar-refractivity contribution is -0.116. The lowest BCUT2D eigenvalue weighted by Gasteiger charge is -2.31. The summed E-state index contributed by atoms with van der Waals surface area (Å²) in [5.41, 5.74) is 3.60. The van der Waals surface area contributed by atoms with E-state index in [2.05, 4.69) is 18.3 Å². The van der Waals surface area contributed by atoms with E-state index in [9.17, 15) is 9.59 Å². The molecular weight excluding hydrogens is 340 g/mol. The quantitative estimate of drug-likeness (QED) is 0.882. The first-order valence-corrected chi connectivity index (χ1v) is 9.38. The van der Waals surface area contributed by atoms with Gasteiger partial charge in [-0.1, -0.05) is 30.3 Å². The van der Waals surface area contributed by atoms with E-state index in [0.717, 1.165) is 0 Å². The van der Waals surface area contributed by atoms with Gasteiger partial charge in [0, 0.05) is 30.8 Å². The molecule has 0 radical (unpaired) electrons. The van der Waals surface area contributed by atoms with E-state index in [4.69, 9.17) is 4.74 Å². The lowest BCUT2D eigenvalue weighted by atomic mass is 10.0. The van der Waals surface area contributed by atoms with Crippen molar-refractivity contribution in [3.63, 3.8) is 0 Å². The zero-order chi connectivity index (χ0) is 19.2. The van der Waals surface area contributed by atoms with Gasteiger partial charge in [0.2, 0.25) is 5.91 Å². The molecule has 1 aliphatic heterocycles. The number of benzene rings is 2. The third-order valence-electron chi connectivity index (χ3n) is 4.80. The summed E-state index contributed by atoms with van der Waals surface area (Å²) < 4.78 is 5.49. The number of nitrogens with zero attached hydrogens (tertiary/aromatic N) is 1. The third kappa shape index (κ3) is 5.17. The van der Waals surface area contributed by atoms with E-state index in [1.807, 2.05) is 31.2 Å². The molecule has 1 aliphatic rings. The average molecular weight is 366 g/mol. The van der Waals surface area contributed by atoms with Crippen LogP contribution >= 0.6 is 0 Å². The van der Waals surface area contributed by atoms with Gasteiger partial charge >= 0.3 is 0 Å². The standard InChI is InChI=1S/C22H26N2O3/c1-16-6-3-4-7-18(16)10-11-21(25)23-20-9-5-8-19(14-20)22(26)24-12-13-27-17(2)15-24/h3-9,14,17H,10-13,15H2,1-2H3,(H,23,25). The molecule has 3 rings (SSSR count). The van der Waals surface area contributed by atoms with E-state index in [-0.39, 0.29) is 17.9 Å². The van der Waals surface area contributed by atoms with Crippen LogP contribution in [0.15, 0.2) is 48.5 Å². The maximum atomic E-state index is 12.7. The topological polar surface area (TPSA) is 58.6 Å². The Bertz CT molecular complexity index is 819. The van der Waals surface area contributed by atoms with Crippen molar-refractivity contribution in [2.75, 3.05) is 25.0 Å². The maximum Gasteiger partial charge on any atom is 0.254 e. The number of carbonyl (C=O) groups is 2. The molecule has 0 aromatic heterocycles. The van der Waals surface area contributed by atoms with E-state index >= 15 is 0 Å². The Hall–Kier alpha value is -2.66. The van der Waals surface area contributed by atoms with E-state index < -0.39 is 0 Å². The van der Waals surface area contributed by atoms with Crippen molar-refractivity contribution >= 4 is 17.5 Å². The number of aryl methyl sites for hydroxylation is 2. The number of morpholine rings is 1. The van der Waals surface area contributed by atoms with E-state index in [0.29, 0.717) is 43.8 Å². The molecule has 1 heterocycles. The molecule has 0 saturated carbocycles. The van der Waals surface area contributed by atoms with Crippen molar-refractivity contribution in [2.24, 2.45) is 0 Å². The van der Waals surface area contributed by atoms with Crippen LogP contribution in [0, 0.1) is 6.92 Å². The van der Waals surface area contributed by atoms with Gasteiger partial charge in [0.05, 0.1) is 12.7 Å². The average Bonchev–Trinajstić information content (AvgIpc) is 2.67. The summed E-state index contributed by atoms with van der Waals surface area (Å²) in [5.74, 6) is -0.0796. The first-order chi connectivity index (χ1) is 13.0. The minimum Gasteiger partial charge on any atom is -0.375 e. The van der Waals surface area contributed by atoms with Crippen molar-refractivity contribution < 1.29 is 14.3 Å². The second-order valence-electron chi connectivity index (χ2n) is 6.99. The zero-order valence-corrected chi connectivity index (χ0v) is 15.9. The summed E-state index contributed by atoms with van der Waals surface area (Å²) in [6, 6.07) is 15.2. The van der Waals surface area contributed by atoms with Crippen molar-refractivity contribution in [2.45, 2.75) is 32.8 Å². The Labute approximate surface area is 160 Å². The Balaban J connectivity index is 1.59. The van der Waals surface area contributed by atoms with E-state index in [1.165, 1.54) is 11.1 Å². The summed E-state index contributed by atoms with van der Waals surface area (Å²) in [6.45, 7) is 5.75. The van der Waals surface area contributed by atoms with Crippen LogP contribution in [0.2, 0.25) is 0 Å². The van der Waals surface area contributed by atoms with Crippen molar-refractivity contribution in [3.05, 3.63) is 65.2 Å². The predicted octanol–water partition coefficient (Wildman–Crippen LogP) is 3.43. The minimum atomic E-state index is -0.0529. The molecule has 1 unspecified atom stereocenters. The molecule has 2 amide bonds. The molecule has 0 aliphatic carbocycles. The monoisotopic (exact) mass is 366 g/mol. The lowest BCUT2D eigenvalue weighted by Crippen LogP contribution is -2.44. The molecule has 1 fully saturated rings. The highest BCUT2D eigenvalue weighted by molar-refractivity contribution is 5.97. The van der Waals surface area contributed by atoms with E-state index in [1.54, 1.807) is 23.1 Å². The SMILES string of the molecule is Cc1ccccc1CCC(=O)Nc1cccc(C(=O)N2CCOC(C)C2)c1. The largest absolute Gasteiger partial charge is 0.375 e. The van der Waals surface area contributed by atoms with Gasteiger partial charge in [-0.25, -0.2) is 0 Å². The second-order valence-corrected chi connectivity index (χ2v) is 6.99. The molecule has 1 saturated heterocycles. The van der Waals surface area contributed by atoms with Crippen LogP contribution in [0.4, 0.5) is 5.69 Å². The molecular formula is C22H26N2O3. The zero-order valence-electron chi connectivity index (χ0n) is 15.9. The minimum absolute atomic E-state index is 0.0267. The Morgan fingerprint density at radius 2 is 2.00 bits per heavy atom. The van der Waals surface area contributed by atoms with Crippen LogP contribution in [0.1, 0.15) is 34.8 Å². The number of nitrogens with one attached hydrogen (secondary N) is 1. The highest BCUT2D eigenvalue weighted by atomic mass is 16.5. The van der Waals surface area contributed by atoms with Crippen LogP contribution in [0.25, 0.3) is 0 Å². The molecule has 1 N–H and O–H groups in total. The number of rotatable bonds is 5. The normalized spacial score (nSPS) is 16.8. The molecule has 5 nitrogen and oxygen atoms in total. The number of hydrogen-bond donors (Lipinski definition) is 1. The molecule has 142 valence electrons. The third-order valence-corrected chi connectivity index (χ3v) is 4.80. The maximum absolute atomic E-state index is 12.7. The Morgan fingerprint density at radius 1 is 1.19 bits per heavy atom. The van der Waals surface area contributed by atoms with Gasteiger partial charge in [0.1, 0.15) is 0 Å². The van der Waals surface area contributed by atoms with Gasteiger partial charge < -0.3 is 15.0 Å². The molecule has 5 heteroatoms. The Morgan fingerprint density at radius 3 is 2.78 bits per heavy atom. The van der Waals surface area contributed by atoms with Gasteiger partial charge in [-0.05, 0) is 49.6 Å². The van der Waals surface area contributed by atoms with Gasteiger partial charge in [0.25, 0.3) is 5.91 Å². The molecule has 2 aromatic carbocycles. The number of carbonyl (C=O) groups excluding carboxylic acids is 2. The van der Waals surface area contributed by atoms with Crippen LogP contribution in [0.3, 0.4) is 0 Å². The number of anilines is 1. The van der Waals surface area contributed by atoms with Crippen LogP contribution in [-0.2, 0) is 16.0 Å². The van der Waals surface area contributed by atoms with Gasteiger partial charge in [0.15, 0.2) is 0 Å². The summed E-state index contributed by atoms with van der Waals surface area (Å²) in [6.07, 6.45) is 1.15. The van der Waals surface area contributed by atoms with Gasteiger partial charge in [-0.15, -0.1) is 0 Å². The Kier molecular flexibility index (Phi) is 6.24. The smallest absolute Gasteiger partial charge is 0.254 e. The van der Waals surface area contributed by atoms with Crippen molar-refractivity contribution in [1.82, 2.24) is 4.90 Å².